The minimum absolute atomic E-state index is 0.0579. The predicted molar refractivity (Wildman–Crippen MR) is 55.8 cm³/mol. The number of carbonyl (C=O) groups excluding carboxylic acids is 1. The fraction of sp³-hybridized carbons (Fsp3) is 0.100. The van der Waals surface area contributed by atoms with Crippen LogP contribution in [0, 0.1) is 0 Å². The molecule has 76 valence electrons. The van der Waals surface area contributed by atoms with Crippen molar-refractivity contribution in [2.75, 3.05) is 5.75 Å². The molecule has 0 aliphatic carbocycles. The van der Waals surface area contributed by atoms with Crippen molar-refractivity contribution in [1.29, 1.82) is 0 Å². The third-order valence-electron chi connectivity index (χ3n) is 1.67. The minimum Gasteiger partial charge on any atom is -0.461 e. The van der Waals surface area contributed by atoms with E-state index in [1.807, 2.05) is 0 Å². The smallest absolute Gasteiger partial charge is 0.208 e. The summed E-state index contributed by atoms with van der Waals surface area (Å²) in [7, 11) is 0. The van der Waals surface area contributed by atoms with E-state index in [0.717, 1.165) is 0 Å². The first kappa shape index (κ1) is 9.92. The maximum Gasteiger partial charge on any atom is 0.208 e. The van der Waals surface area contributed by atoms with Gasteiger partial charge in [0.05, 0.1) is 12.0 Å². The van der Waals surface area contributed by atoms with Crippen LogP contribution in [0.25, 0.3) is 0 Å². The highest BCUT2D eigenvalue weighted by molar-refractivity contribution is 7.99. The number of Topliss-reactive ketones (excluding diaryl/α,β-unsaturated/α-hetero) is 1. The number of rotatable bonds is 4. The Hall–Kier alpha value is -1.62. The molecule has 2 rings (SSSR count). The Balaban J connectivity index is 1.92. The van der Waals surface area contributed by atoms with Gasteiger partial charge in [0.2, 0.25) is 5.78 Å². The molecule has 0 saturated carbocycles. The summed E-state index contributed by atoms with van der Waals surface area (Å²) in [5.74, 6) is 0.605. The van der Waals surface area contributed by atoms with Crippen molar-refractivity contribution in [3.05, 3.63) is 42.6 Å². The fourth-order valence-electron chi connectivity index (χ4n) is 0.998. The Bertz CT molecular complexity index is 428. The van der Waals surface area contributed by atoms with Gasteiger partial charge in [0, 0.05) is 12.4 Å². The molecular formula is C10H8N2O2S. The molecular weight excluding hydrogens is 212 g/mol. The van der Waals surface area contributed by atoms with Gasteiger partial charge in [-0.25, -0.2) is 9.97 Å². The van der Waals surface area contributed by atoms with Crippen LogP contribution >= 0.6 is 11.8 Å². The molecule has 0 N–H and O–H groups in total. The second-order valence-corrected chi connectivity index (χ2v) is 3.66. The van der Waals surface area contributed by atoms with Gasteiger partial charge in [-0.05, 0) is 18.2 Å². The molecule has 15 heavy (non-hydrogen) atoms. The van der Waals surface area contributed by atoms with Crippen molar-refractivity contribution in [1.82, 2.24) is 9.97 Å². The van der Waals surface area contributed by atoms with Crippen LogP contribution in [0.3, 0.4) is 0 Å². The maximum absolute atomic E-state index is 11.5. The summed E-state index contributed by atoms with van der Waals surface area (Å²) in [6.07, 6.45) is 4.77. The molecule has 2 heterocycles. The number of carbonyl (C=O) groups is 1. The molecule has 0 aromatic carbocycles. The lowest BCUT2D eigenvalue weighted by atomic mass is 10.3. The SMILES string of the molecule is O=C(CSc1ncccn1)c1ccco1. The summed E-state index contributed by atoms with van der Waals surface area (Å²) in [5.41, 5.74) is 0. The molecule has 0 saturated heterocycles. The predicted octanol–water partition coefficient (Wildman–Crippen LogP) is 2.04. The number of hydrogen-bond donors (Lipinski definition) is 0. The molecule has 0 aliphatic heterocycles. The summed E-state index contributed by atoms with van der Waals surface area (Å²) in [5, 5.41) is 0.595. The summed E-state index contributed by atoms with van der Waals surface area (Å²) < 4.78 is 4.98. The van der Waals surface area contributed by atoms with Crippen LogP contribution in [0.15, 0.2) is 46.4 Å². The van der Waals surface area contributed by atoms with Crippen LogP contribution in [0.5, 0.6) is 0 Å². The number of ketones is 1. The van der Waals surface area contributed by atoms with Crippen LogP contribution in [0.4, 0.5) is 0 Å². The van der Waals surface area contributed by atoms with E-state index >= 15 is 0 Å². The Morgan fingerprint density at radius 2 is 2.13 bits per heavy atom. The molecule has 0 unspecified atom stereocenters. The quantitative estimate of drug-likeness (QED) is 0.448. The van der Waals surface area contributed by atoms with Gasteiger partial charge < -0.3 is 4.42 Å². The zero-order valence-electron chi connectivity index (χ0n) is 7.79. The Morgan fingerprint density at radius 1 is 1.33 bits per heavy atom. The number of furan rings is 1. The van der Waals surface area contributed by atoms with Crippen LogP contribution in [0.1, 0.15) is 10.6 Å². The molecule has 0 fully saturated rings. The fourth-order valence-corrected chi connectivity index (χ4v) is 1.67. The van der Waals surface area contributed by atoms with Gasteiger partial charge in [-0.15, -0.1) is 0 Å². The molecule has 2 aromatic rings. The van der Waals surface area contributed by atoms with Crippen LogP contribution in [-0.4, -0.2) is 21.5 Å². The van der Waals surface area contributed by atoms with Crippen molar-refractivity contribution in [2.45, 2.75) is 5.16 Å². The standard InChI is InChI=1S/C10H8N2O2S/c13-8(9-3-1-6-14-9)7-15-10-11-4-2-5-12-10/h1-6H,7H2. The maximum atomic E-state index is 11.5. The van der Waals surface area contributed by atoms with Crippen molar-refractivity contribution in [3.8, 4) is 0 Å². The molecule has 2 aromatic heterocycles. The lowest BCUT2D eigenvalue weighted by Crippen LogP contribution is -2.01. The molecule has 0 spiro atoms. The summed E-state index contributed by atoms with van der Waals surface area (Å²) >= 11 is 1.29. The van der Waals surface area contributed by atoms with Gasteiger partial charge in [0.25, 0.3) is 0 Å². The number of hydrogen-bond acceptors (Lipinski definition) is 5. The Kier molecular flexibility index (Phi) is 3.14. The highest BCUT2D eigenvalue weighted by Crippen LogP contribution is 2.13. The second-order valence-electron chi connectivity index (χ2n) is 2.72. The van der Waals surface area contributed by atoms with Gasteiger partial charge in [0.1, 0.15) is 0 Å². The van der Waals surface area contributed by atoms with Gasteiger partial charge in [-0.3, -0.25) is 4.79 Å². The molecule has 0 amide bonds. The van der Waals surface area contributed by atoms with Crippen LogP contribution in [0.2, 0.25) is 0 Å². The monoisotopic (exact) mass is 220 g/mol. The largest absolute Gasteiger partial charge is 0.461 e. The highest BCUT2D eigenvalue weighted by atomic mass is 32.2. The van der Waals surface area contributed by atoms with E-state index in [-0.39, 0.29) is 11.5 Å². The van der Waals surface area contributed by atoms with E-state index < -0.39 is 0 Å². The van der Waals surface area contributed by atoms with E-state index in [1.165, 1.54) is 18.0 Å². The molecule has 0 bridgehead atoms. The van der Waals surface area contributed by atoms with Crippen molar-refractivity contribution >= 4 is 17.5 Å². The Morgan fingerprint density at radius 3 is 2.80 bits per heavy atom. The van der Waals surface area contributed by atoms with Gasteiger partial charge in [0.15, 0.2) is 10.9 Å². The highest BCUT2D eigenvalue weighted by Gasteiger charge is 2.09. The first-order chi connectivity index (χ1) is 7.36. The first-order valence-electron chi connectivity index (χ1n) is 4.33. The van der Waals surface area contributed by atoms with Crippen molar-refractivity contribution < 1.29 is 9.21 Å². The molecule has 0 aliphatic rings. The topological polar surface area (TPSA) is 56.0 Å². The minimum atomic E-state index is -0.0579. The van der Waals surface area contributed by atoms with E-state index in [9.17, 15) is 4.79 Å². The molecule has 5 heteroatoms. The van der Waals surface area contributed by atoms with Gasteiger partial charge >= 0.3 is 0 Å². The van der Waals surface area contributed by atoms with Gasteiger partial charge in [-0.1, -0.05) is 11.8 Å². The second kappa shape index (κ2) is 4.75. The first-order valence-corrected chi connectivity index (χ1v) is 5.31. The van der Waals surface area contributed by atoms with E-state index in [1.54, 1.807) is 30.6 Å². The summed E-state index contributed by atoms with van der Waals surface area (Å²) in [6, 6.07) is 5.07. The summed E-state index contributed by atoms with van der Waals surface area (Å²) in [6.45, 7) is 0. The molecule has 4 nitrogen and oxygen atoms in total. The molecule has 0 atom stereocenters. The molecule has 0 radical (unpaired) electrons. The van der Waals surface area contributed by atoms with Crippen LogP contribution in [-0.2, 0) is 0 Å². The lowest BCUT2D eigenvalue weighted by molar-refractivity contribution is 0.0992. The zero-order chi connectivity index (χ0) is 10.5. The van der Waals surface area contributed by atoms with E-state index in [4.69, 9.17) is 4.42 Å². The number of thioether (sulfide) groups is 1. The van der Waals surface area contributed by atoms with Crippen LogP contribution < -0.4 is 0 Å². The van der Waals surface area contributed by atoms with E-state index in [2.05, 4.69) is 9.97 Å². The third kappa shape index (κ3) is 2.66. The Labute approximate surface area is 90.7 Å². The number of nitrogens with zero attached hydrogens (tertiary/aromatic N) is 2. The normalized spacial score (nSPS) is 10.1. The number of aromatic nitrogens is 2. The van der Waals surface area contributed by atoms with Gasteiger partial charge in [-0.2, -0.15) is 0 Å². The zero-order valence-corrected chi connectivity index (χ0v) is 8.61. The van der Waals surface area contributed by atoms with Crippen molar-refractivity contribution in [2.24, 2.45) is 0 Å². The van der Waals surface area contributed by atoms with E-state index in [0.29, 0.717) is 10.9 Å². The van der Waals surface area contributed by atoms with Crippen molar-refractivity contribution in [3.63, 3.8) is 0 Å². The third-order valence-corrected chi connectivity index (χ3v) is 2.55. The summed E-state index contributed by atoms with van der Waals surface area (Å²) in [4.78, 5) is 19.5. The average molecular weight is 220 g/mol. The average Bonchev–Trinajstić information content (AvgIpc) is 2.81. The lowest BCUT2D eigenvalue weighted by Gasteiger charge is -1.96.